The summed E-state index contributed by atoms with van der Waals surface area (Å²) in [6, 6.07) is 0. The van der Waals surface area contributed by atoms with E-state index in [4.69, 9.17) is 38.6 Å². The van der Waals surface area contributed by atoms with Crippen LogP contribution < -0.4 is 0 Å². The molecule has 0 saturated carbocycles. The Bertz CT molecular complexity index is 1540. The number of carbonyl (C=O) groups excluding carboxylic acids is 4. The molecule has 11 atom stereocenters. The van der Waals surface area contributed by atoms with Crippen molar-refractivity contribution in [3.63, 3.8) is 0 Å². The van der Waals surface area contributed by atoms with Crippen molar-refractivity contribution in [1.82, 2.24) is 0 Å². The number of allylic oxidation sites excluding steroid dienone is 1. The number of Topliss-reactive ketones (excluding diaryl/α,β-unsaturated/α-hetero) is 1. The molecule has 0 aromatic heterocycles. The first-order valence-electron chi connectivity index (χ1n) is 15.4. The van der Waals surface area contributed by atoms with Gasteiger partial charge in [-0.15, -0.1) is 0 Å². The van der Waals surface area contributed by atoms with E-state index in [0.29, 0.717) is 0 Å². The predicted octanol–water partition coefficient (Wildman–Crippen LogP) is -0.566. The van der Waals surface area contributed by atoms with Gasteiger partial charge in [-0.05, 0) is 33.0 Å². The Balaban J connectivity index is 2.17. The van der Waals surface area contributed by atoms with E-state index in [0.717, 1.165) is 13.8 Å². The zero-order valence-corrected chi connectivity index (χ0v) is 29.2. The van der Waals surface area contributed by atoms with Gasteiger partial charge >= 0.3 is 23.9 Å². The van der Waals surface area contributed by atoms with Gasteiger partial charge in [-0.3, -0.25) is 19.8 Å². The van der Waals surface area contributed by atoms with E-state index in [1.165, 1.54) is 34.0 Å². The summed E-state index contributed by atoms with van der Waals surface area (Å²) in [5, 5.41) is 65.7. The first-order valence-corrected chi connectivity index (χ1v) is 15.9. The molecule has 6 N–H and O–H groups in total. The maximum Gasteiger partial charge on any atom is 0.357 e. The van der Waals surface area contributed by atoms with Gasteiger partial charge in [0.1, 0.15) is 54.2 Å². The van der Waals surface area contributed by atoms with Gasteiger partial charge in [0.25, 0.3) is 0 Å². The highest BCUT2D eigenvalue weighted by Gasteiger charge is 2.62. The number of carboxylic acids is 1. The van der Waals surface area contributed by atoms with Gasteiger partial charge in [0, 0.05) is 27.4 Å². The van der Waals surface area contributed by atoms with Crippen molar-refractivity contribution < 1.29 is 82.7 Å². The lowest BCUT2D eigenvalue weighted by Crippen LogP contribution is -2.70. The van der Waals surface area contributed by atoms with Crippen molar-refractivity contribution in [1.29, 1.82) is 5.41 Å². The highest BCUT2D eigenvalue weighted by Crippen LogP contribution is 2.42. The Kier molecular flexibility index (Phi) is 13.5. The molecule has 2 saturated heterocycles. The highest BCUT2D eigenvalue weighted by molar-refractivity contribution is 7.78. The van der Waals surface area contributed by atoms with E-state index in [9.17, 15) is 49.5 Å². The van der Waals surface area contributed by atoms with Gasteiger partial charge < -0.3 is 58.7 Å². The van der Waals surface area contributed by atoms with E-state index in [-0.39, 0.29) is 12.1 Å². The fraction of sp³-hybridized carbons (Fsp3) is 0.645. The van der Waals surface area contributed by atoms with Gasteiger partial charge in [-0.2, -0.15) is 4.99 Å². The first-order chi connectivity index (χ1) is 23.8. The van der Waals surface area contributed by atoms with Gasteiger partial charge in [-0.1, -0.05) is 6.08 Å². The van der Waals surface area contributed by atoms with Crippen LogP contribution in [0.3, 0.4) is 0 Å². The fourth-order valence-electron chi connectivity index (χ4n) is 6.25. The molecule has 19 nitrogen and oxygen atoms in total. The van der Waals surface area contributed by atoms with Crippen LogP contribution in [0.2, 0.25) is 0 Å². The Hall–Kier alpha value is -3.98. The Morgan fingerprint density at radius 3 is 2.35 bits per heavy atom. The average Bonchev–Trinajstić information content (AvgIpc) is 3.04. The van der Waals surface area contributed by atoms with Crippen molar-refractivity contribution in [3.8, 4) is 0 Å². The molecule has 0 spiro atoms. The van der Waals surface area contributed by atoms with Crippen LogP contribution in [0.25, 0.3) is 0 Å². The summed E-state index contributed by atoms with van der Waals surface area (Å²) >= 11 is 4.58. The largest absolute Gasteiger partial charge is 0.508 e. The van der Waals surface area contributed by atoms with Gasteiger partial charge in [0.05, 0.1) is 23.8 Å². The molecule has 2 aliphatic heterocycles. The molecule has 282 valence electrons. The highest BCUT2D eigenvalue weighted by atomic mass is 32.1. The molecule has 0 amide bonds. The Labute approximate surface area is 296 Å². The number of aliphatic imine (C=N–C) groups is 1. The SMILES string of the molecule is C/C=C(\N=C=S)C(=O)O[C@H]1[C@@H](O[C@H]2C[C@H](OC)C(O)(C(C)OC(C)=O)[C@H](C)O2)[C@@H](O)[C@@H](C2(O)CC(=O)C(=N)C(C(=O)O)=C2O)O[C@@H]1COC(C)=O. The van der Waals surface area contributed by atoms with Crippen molar-refractivity contribution in [2.45, 2.75) is 114 Å². The zero-order chi connectivity index (χ0) is 38.6. The molecule has 2 fully saturated rings. The third-order valence-electron chi connectivity index (χ3n) is 8.81. The van der Waals surface area contributed by atoms with E-state index in [2.05, 4.69) is 17.2 Å². The van der Waals surface area contributed by atoms with Crippen molar-refractivity contribution in [2.75, 3.05) is 13.7 Å². The standard InChI is InChI=1S/C31H40N2O17S/c1-7-16(33-11-51)29(41)50-24-18(10-45-14(4)34)48-27(30(42)9-17(36)22(32)21(26(30)38)28(39)40)23(37)25(24)49-20-8-19(44-6)31(43,13(3)47-20)12(2)46-15(5)35/h7,12-13,18-20,23-25,27,32,37-38,42-43H,8-10H2,1-6H3,(H,39,40)/b16-7-,32-22?/t12?,13-,18+,19-,20-,23+,24+,25-,27-,30?,31?/m0/s1. The second kappa shape index (κ2) is 16.6. The van der Waals surface area contributed by atoms with Crippen LogP contribution in [0.1, 0.15) is 47.5 Å². The fourth-order valence-corrected chi connectivity index (χ4v) is 6.35. The van der Waals surface area contributed by atoms with Gasteiger partial charge in [0.15, 0.2) is 35.1 Å². The van der Waals surface area contributed by atoms with Crippen LogP contribution >= 0.6 is 12.2 Å². The van der Waals surface area contributed by atoms with E-state index < -0.39 is 126 Å². The molecular formula is C31H40N2O17S. The molecule has 1 aliphatic carbocycles. The quantitative estimate of drug-likeness (QED) is 0.0480. The summed E-state index contributed by atoms with van der Waals surface area (Å²) in [5.74, 6) is -7.31. The molecule has 51 heavy (non-hydrogen) atoms. The summed E-state index contributed by atoms with van der Waals surface area (Å²) in [6.07, 6.45) is -15.0. The number of rotatable bonds is 12. The lowest BCUT2D eigenvalue weighted by Gasteiger charge is -2.52. The molecule has 3 rings (SSSR count). The Morgan fingerprint density at radius 1 is 1.18 bits per heavy atom. The number of carboxylic acid groups (broad SMARTS) is 1. The van der Waals surface area contributed by atoms with Crippen LogP contribution in [0.5, 0.6) is 0 Å². The molecule has 2 heterocycles. The number of hydrogen-bond donors (Lipinski definition) is 6. The summed E-state index contributed by atoms with van der Waals surface area (Å²) < 4.78 is 39.4. The molecule has 20 heteroatoms. The number of hydrogen-bond acceptors (Lipinski definition) is 19. The summed E-state index contributed by atoms with van der Waals surface area (Å²) in [6.45, 7) is 5.66. The van der Waals surface area contributed by atoms with E-state index >= 15 is 0 Å². The van der Waals surface area contributed by atoms with Crippen molar-refractivity contribution >= 4 is 52.8 Å². The van der Waals surface area contributed by atoms with Crippen LogP contribution in [0, 0.1) is 5.41 Å². The summed E-state index contributed by atoms with van der Waals surface area (Å²) in [5.41, 5.74) is -7.72. The van der Waals surface area contributed by atoms with Gasteiger partial charge in [-0.25, -0.2) is 9.59 Å². The number of esters is 3. The number of aliphatic carboxylic acids is 1. The average molecular weight is 745 g/mol. The molecule has 3 aliphatic rings. The summed E-state index contributed by atoms with van der Waals surface area (Å²) in [4.78, 5) is 65.1. The summed E-state index contributed by atoms with van der Waals surface area (Å²) in [7, 11) is 1.25. The number of aliphatic hydroxyl groups is 4. The third kappa shape index (κ3) is 8.40. The number of ketones is 1. The van der Waals surface area contributed by atoms with E-state index in [1.807, 2.05) is 5.16 Å². The van der Waals surface area contributed by atoms with Gasteiger partial charge in [0.2, 0.25) is 0 Å². The minimum Gasteiger partial charge on any atom is -0.508 e. The lowest BCUT2D eigenvalue weighted by atomic mass is 9.74. The Morgan fingerprint density at radius 2 is 1.82 bits per heavy atom. The lowest BCUT2D eigenvalue weighted by molar-refractivity contribution is -0.345. The first kappa shape index (κ1) is 41.4. The van der Waals surface area contributed by atoms with Crippen molar-refractivity contribution in [3.05, 3.63) is 23.1 Å². The molecule has 3 unspecified atom stereocenters. The smallest absolute Gasteiger partial charge is 0.357 e. The number of nitrogens with one attached hydrogen (secondary N) is 1. The third-order valence-corrected chi connectivity index (χ3v) is 8.90. The topological polar surface area (TPSA) is 287 Å². The molecule has 0 radical (unpaired) electrons. The monoisotopic (exact) mass is 744 g/mol. The number of thiocarbonyl (C=S) groups is 1. The van der Waals surface area contributed by atoms with Crippen LogP contribution in [-0.4, -0.2) is 146 Å². The van der Waals surface area contributed by atoms with Crippen LogP contribution in [0.4, 0.5) is 0 Å². The number of nitrogens with zero attached hydrogens (tertiary/aromatic N) is 1. The number of carbonyl (C=O) groups is 5. The maximum atomic E-state index is 13.2. The minimum atomic E-state index is -3.02. The zero-order valence-electron chi connectivity index (χ0n) is 28.4. The number of aliphatic hydroxyl groups excluding tert-OH is 2. The number of isothiocyanates is 1. The normalized spacial score (nSPS) is 35.0. The molecule has 0 bridgehead atoms. The molecule has 0 aromatic rings. The van der Waals surface area contributed by atoms with Crippen LogP contribution in [-0.2, 0) is 57.1 Å². The van der Waals surface area contributed by atoms with Crippen molar-refractivity contribution in [2.24, 2.45) is 4.99 Å². The van der Waals surface area contributed by atoms with E-state index in [1.54, 1.807) is 0 Å². The maximum absolute atomic E-state index is 13.2. The minimum absolute atomic E-state index is 0.323. The second-order valence-electron chi connectivity index (χ2n) is 12.0. The number of ether oxygens (including phenoxy) is 7. The second-order valence-corrected chi connectivity index (χ2v) is 12.2. The molecular weight excluding hydrogens is 704 g/mol. The predicted molar refractivity (Wildman–Crippen MR) is 170 cm³/mol. The number of methoxy groups -OCH3 is 1. The van der Waals surface area contributed by atoms with Crippen LogP contribution in [0.15, 0.2) is 28.1 Å². The molecule has 0 aromatic carbocycles.